The van der Waals surface area contributed by atoms with Gasteiger partial charge in [-0.1, -0.05) is 16.8 Å². The number of halogens is 1. The Morgan fingerprint density at radius 1 is 1.45 bits per heavy atom. The Kier molecular flexibility index (Phi) is 3.99. The van der Waals surface area contributed by atoms with Gasteiger partial charge in [-0.3, -0.25) is 4.79 Å². The predicted octanol–water partition coefficient (Wildman–Crippen LogP) is 3.02. The van der Waals surface area contributed by atoms with Crippen LogP contribution in [0.1, 0.15) is 40.3 Å². The summed E-state index contributed by atoms with van der Waals surface area (Å²) in [7, 11) is 0. The molecule has 2 aromatic rings. The molecule has 0 radical (unpaired) electrons. The molecule has 3 N–H and O–H groups in total. The molecule has 20 heavy (non-hydrogen) atoms. The number of nitrogens with two attached hydrogens (primary N) is 1. The van der Waals surface area contributed by atoms with E-state index in [1.807, 2.05) is 20.8 Å². The number of benzene rings is 1. The molecule has 0 aliphatic carbocycles. The first kappa shape index (κ1) is 14.4. The lowest BCUT2D eigenvalue weighted by molar-refractivity contribution is 0.0940. The van der Waals surface area contributed by atoms with E-state index in [1.54, 1.807) is 18.2 Å². The Morgan fingerprint density at radius 3 is 2.75 bits per heavy atom. The van der Waals surface area contributed by atoms with Crippen LogP contribution < -0.4 is 11.1 Å². The second-order valence-electron chi connectivity index (χ2n) is 4.66. The minimum Gasteiger partial charge on any atom is -0.398 e. The number of carbonyl (C=O) groups is 1. The highest BCUT2D eigenvalue weighted by molar-refractivity contribution is 6.31. The van der Waals surface area contributed by atoms with Crippen LogP contribution in [0.25, 0.3) is 0 Å². The van der Waals surface area contributed by atoms with Gasteiger partial charge in [-0.25, -0.2) is 0 Å². The van der Waals surface area contributed by atoms with E-state index in [4.69, 9.17) is 21.9 Å². The maximum absolute atomic E-state index is 12.2. The smallest absolute Gasteiger partial charge is 0.253 e. The molecule has 0 bridgehead atoms. The highest BCUT2D eigenvalue weighted by Gasteiger charge is 2.20. The zero-order chi connectivity index (χ0) is 14.9. The fraction of sp³-hybridized carbons (Fsp3) is 0.286. The Bertz CT molecular complexity index is 632. The fourth-order valence-corrected chi connectivity index (χ4v) is 2.35. The summed E-state index contributed by atoms with van der Waals surface area (Å²) in [5, 5.41) is 7.21. The summed E-state index contributed by atoms with van der Waals surface area (Å²) in [6, 6.07) is 4.57. The lowest BCUT2D eigenvalue weighted by Gasteiger charge is -2.14. The van der Waals surface area contributed by atoms with Gasteiger partial charge < -0.3 is 15.6 Å². The van der Waals surface area contributed by atoms with E-state index in [9.17, 15) is 4.79 Å². The van der Waals surface area contributed by atoms with Gasteiger partial charge in [0, 0.05) is 16.3 Å². The Morgan fingerprint density at radius 2 is 2.15 bits per heavy atom. The van der Waals surface area contributed by atoms with Crippen LogP contribution in [0.5, 0.6) is 0 Å². The van der Waals surface area contributed by atoms with Crippen molar-refractivity contribution in [3.63, 3.8) is 0 Å². The number of hydrogen-bond donors (Lipinski definition) is 2. The Labute approximate surface area is 122 Å². The molecule has 1 atom stereocenters. The second kappa shape index (κ2) is 5.54. The molecule has 1 aromatic carbocycles. The van der Waals surface area contributed by atoms with Gasteiger partial charge in [0.1, 0.15) is 5.76 Å². The molecule has 0 saturated carbocycles. The van der Waals surface area contributed by atoms with E-state index in [0.29, 0.717) is 22.0 Å². The first-order valence-corrected chi connectivity index (χ1v) is 6.56. The highest BCUT2D eigenvalue weighted by atomic mass is 35.5. The van der Waals surface area contributed by atoms with Crippen molar-refractivity contribution in [2.45, 2.75) is 26.8 Å². The van der Waals surface area contributed by atoms with E-state index < -0.39 is 0 Å². The normalized spacial score (nSPS) is 12.2. The monoisotopic (exact) mass is 293 g/mol. The molecule has 106 valence electrons. The number of hydrogen-bond acceptors (Lipinski definition) is 4. The number of aromatic nitrogens is 1. The lowest BCUT2D eigenvalue weighted by Crippen LogP contribution is -2.28. The molecule has 6 heteroatoms. The van der Waals surface area contributed by atoms with Crippen LogP contribution >= 0.6 is 11.6 Å². The van der Waals surface area contributed by atoms with E-state index >= 15 is 0 Å². The molecule has 5 nitrogen and oxygen atoms in total. The number of nitrogens with one attached hydrogen (secondary N) is 1. The van der Waals surface area contributed by atoms with Crippen LogP contribution in [0.4, 0.5) is 5.69 Å². The topological polar surface area (TPSA) is 81.2 Å². The first-order chi connectivity index (χ1) is 9.40. The Hall–Kier alpha value is -2.01. The van der Waals surface area contributed by atoms with E-state index in [0.717, 1.165) is 11.3 Å². The zero-order valence-corrected chi connectivity index (χ0v) is 12.3. The standard InChI is InChI=1S/C14H16ClN3O2/c1-7(13-8(2)18-20-9(13)3)17-14(19)11-6-10(15)4-5-12(11)16/h4-7H,16H2,1-3H3,(H,17,19). The van der Waals surface area contributed by atoms with Crippen molar-refractivity contribution >= 4 is 23.2 Å². The lowest BCUT2D eigenvalue weighted by atomic mass is 10.1. The van der Waals surface area contributed by atoms with Gasteiger partial charge in [0.05, 0.1) is 17.3 Å². The van der Waals surface area contributed by atoms with E-state index in [1.165, 1.54) is 0 Å². The molecule has 0 saturated heterocycles. The second-order valence-corrected chi connectivity index (χ2v) is 5.10. The van der Waals surface area contributed by atoms with Gasteiger partial charge in [-0.05, 0) is 39.0 Å². The van der Waals surface area contributed by atoms with Gasteiger partial charge in [-0.15, -0.1) is 0 Å². The van der Waals surface area contributed by atoms with Crippen LogP contribution in [0.2, 0.25) is 5.02 Å². The number of amides is 1. The molecule has 2 rings (SSSR count). The zero-order valence-electron chi connectivity index (χ0n) is 11.5. The van der Waals surface area contributed by atoms with Crippen LogP contribution in [-0.2, 0) is 0 Å². The highest BCUT2D eigenvalue weighted by Crippen LogP contribution is 2.23. The van der Waals surface area contributed by atoms with Gasteiger partial charge in [0.25, 0.3) is 5.91 Å². The van der Waals surface area contributed by atoms with Crippen molar-refractivity contribution in [3.8, 4) is 0 Å². The summed E-state index contributed by atoms with van der Waals surface area (Å²) in [5.41, 5.74) is 8.17. The number of carbonyl (C=O) groups excluding carboxylic acids is 1. The number of rotatable bonds is 3. The third-order valence-corrected chi connectivity index (χ3v) is 3.36. The summed E-state index contributed by atoms with van der Waals surface area (Å²) >= 11 is 5.89. The predicted molar refractivity (Wildman–Crippen MR) is 77.7 cm³/mol. The molecule has 1 aromatic heterocycles. The summed E-state index contributed by atoms with van der Waals surface area (Å²) in [4.78, 5) is 12.2. The van der Waals surface area contributed by atoms with Crippen molar-refractivity contribution in [2.24, 2.45) is 0 Å². The van der Waals surface area contributed by atoms with Gasteiger partial charge in [0.15, 0.2) is 0 Å². The molecular formula is C14H16ClN3O2. The van der Waals surface area contributed by atoms with E-state index in [-0.39, 0.29) is 11.9 Å². The molecule has 0 fully saturated rings. The quantitative estimate of drug-likeness (QED) is 0.852. The van der Waals surface area contributed by atoms with Crippen molar-refractivity contribution in [3.05, 3.63) is 45.8 Å². The molecular weight excluding hydrogens is 278 g/mol. The number of nitrogen functional groups attached to an aromatic ring is 1. The van der Waals surface area contributed by atoms with Crippen LogP contribution in [0.15, 0.2) is 22.7 Å². The molecule has 0 aliphatic heterocycles. The minimum atomic E-state index is -0.280. The SMILES string of the molecule is Cc1noc(C)c1C(C)NC(=O)c1cc(Cl)ccc1N. The average molecular weight is 294 g/mol. The molecule has 0 aliphatic rings. The van der Waals surface area contributed by atoms with Crippen LogP contribution in [-0.4, -0.2) is 11.1 Å². The van der Waals surface area contributed by atoms with Gasteiger partial charge >= 0.3 is 0 Å². The maximum atomic E-state index is 12.2. The number of nitrogens with zero attached hydrogens (tertiary/aromatic N) is 1. The maximum Gasteiger partial charge on any atom is 0.253 e. The van der Waals surface area contributed by atoms with Crippen LogP contribution in [0.3, 0.4) is 0 Å². The fourth-order valence-electron chi connectivity index (χ4n) is 2.18. The van der Waals surface area contributed by atoms with Crippen molar-refractivity contribution in [1.82, 2.24) is 10.5 Å². The first-order valence-electron chi connectivity index (χ1n) is 6.18. The van der Waals surface area contributed by atoms with Crippen molar-refractivity contribution in [2.75, 3.05) is 5.73 Å². The van der Waals surface area contributed by atoms with Crippen LogP contribution in [0, 0.1) is 13.8 Å². The summed E-state index contributed by atoms with van der Waals surface area (Å²) in [5.74, 6) is 0.409. The molecule has 1 amide bonds. The summed E-state index contributed by atoms with van der Waals surface area (Å²) in [6.45, 7) is 5.51. The number of aryl methyl sites for hydroxylation is 2. The summed E-state index contributed by atoms with van der Waals surface area (Å²) < 4.78 is 5.10. The number of anilines is 1. The average Bonchev–Trinajstić information content (AvgIpc) is 2.71. The Balaban J connectivity index is 2.22. The molecule has 1 heterocycles. The molecule has 1 unspecified atom stereocenters. The van der Waals surface area contributed by atoms with Crippen molar-refractivity contribution < 1.29 is 9.32 Å². The van der Waals surface area contributed by atoms with Gasteiger partial charge in [0.2, 0.25) is 0 Å². The van der Waals surface area contributed by atoms with Gasteiger partial charge in [-0.2, -0.15) is 0 Å². The van der Waals surface area contributed by atoms with E-state index in [2.05, 4.69) is 10.5 Å². The summed E-state index contributed by atoms with van der Waals surface area (Å²) in [6.07, 6.45) is 0. The molecule has 0 spiro atoms. The van der Waals surface area contributed by atoms with Crippen molar-refractivity contribution in [1.29, 1.82) is 0 Å². The minimum absolute atomic E-state index is 0.230. The largest absolute Gasteiger partial charge is 0.398 e. The third-order valence-electron chi connectivity index (χ3n) is 3.13. The third kappa shape index (κ3) is 2.77.